The molecule has 5 nitrogen and oxygen atoms in total. The van der Waals surface area contributed by atoms with Crippen LogP contribution >= 0.6 is 0 Å². The van der Waals surface area contributed by atoms with Gasteiger partial charge < -0.3 is 14.6 Å². The third-order valence-corrected chi connectivity index (χ3v) is 4.82. The molecule has 0 bridgehead atoms. The Morgan fingerprint density at radius 3 is 2.64 bits per heavy atom. The van der Waals surface area contributed by atoms with Gasteiger partial charge in [-0.2, -0.15) is 0 Å². The molecule has 1 aromatic heterocycles. The van der Waals surface area contributed by atoms with Crippen molar-refractivity contribution in [2.45, 2.75) is 44.9 Å². The molecule has 134 valence electrons. The molecule has 1 saturated heterocycles. The lowest BCUT2D eigenvalue weighted by molar-refractivity contribution is -0.152. The fourth-order valence-corrected chi connectivity index (χ4v) is 3.39. The Kier molecular flexibility index (Phi) is 6.09. The third kappa shape index (κ3) is 4.84. The van der Waals surface area contributed by atoms with E-state index in [1.165, 1.54) is 23.8 Å². The summed E-state index contributed by atoms with van der Waals surface area (Å²) in [5.41, 5.74) is 2.33. The molecule has 0 aliphatic carbocycles. The zero-order chi connectivity index (χ0) is 17.5. The van der Waals surface area contributed by atoms with E-state index in [0.29, 0.717) is 6.42 Å². The van der Waals surface area contributed by atoms with Gasteiger partial charge in [-0.1, -0.05) is 31.0 Å². The molecule has 1 N–H and O–H groups in total. The summed E-state index contributed by atoms with van der Waals surface area (Å²) in [6.45, 7) is 1.46. The van der Waals surface area contributed by atoms with Gasteiger partial charge in [0, 0.05) is 36.6 Å². The van der Waals surface area contributed by atoms with Crippen LogP contribution in [0.4, 0.5) is 0 Å². The van der Waals surface area contributed by atoms with E-state index >= 15 is 0 Å². The van der Waals surface area contributed by atoms with Crippen LogP contribution < -0.4 is 0 Å². The van der Waals surface area contributed by atoms with Gasteiger partial charge in [-0.3, -0.25) is 9.59 Å². The molecule has 1 amide bonds. The average Bonchev–Trinajstić information content (AvgIpc) is 2.85. The van der Waals surface area contributed by atoms with Crippen LogP contribution in [-0.4, -0.2) is 41.5 Å². The number of amides is 1. The molecule has 3 rings (SSSR count). The Morgan fingerprint density at radius 1 is 1.08 bits per heavy atom. The fraction of sp³-hybridized carbons (Fsp3) is 0.500. The maximum atomic E-state index is 12.1. The predicted molar refractivity (Wildman–Crippen MR) is 97.2 cm³/mol. The number of para-hydroxylation sites is 1. The zero-order valence-electron chi connectivity index (χ0n) is 14.6. The zero-order valence-corrected chi connectivity index (χ0v) is 14.6. The van der Waals surface area contributed by atoms with Crippen LogP contribution in [0.2, 0.25) is 0 Å². The van der Waals surface area contributed by atoms with E-state index in [9.17, 15) is 9.59 Å². The second-order valence-electron chi connectivity index (χ2n) is 6.67. The van der Waals surface area contributed by atoms with E-state index in [-0.39, 0.29) is 18.5 Å². The van der Waals surface area contributed by atoms with Crippen molar-refractivity contribution >= 4 is 22.8 Å². The number of carbonyl (C=O) groups is 2. The lowest BCUT2D eigenvalue weighted by atomic mass is 10.1. The summed E-state index contributed by atoms with van der Waals surface area (Å²) in [6.07, 6.45) is 8.33. The Bertz CT molecular complexity index is 715. The van der Waals surface area contributed by atoms with Gasteiger partial charge in [0.05, 0.1) is 0 Å². The summed E-state index contributed by atoms with van der Waals surface area (Å²) in [5, 5.41) is 1.20. The molecule has 25 heavy (non-hydrogen) atoms. The first-order valence-electron chi connectivity index (χ1n) is 9.22. The van der Waals surface area contributed by atoms with Crippen LogP contribution in [0.15, 0.2) is 30.5 Å². The molecule has 1 aliphatic heterocycles. The smallest absolute Gasteiger partial charge is 0.306 e. The number of aromatic nitrogens is 1. The molecule has 1 aromatic carbocycles. The number of ether oxygens (including phenoxy) is 1. The number of fused-ring (bicyclic) bond motifs is 1. The van der Waals surface area contributed by atoms with Crippen LogP contribution in [0.5, 0.6) is 0 Å². The monoisotopic (exact) mass is 342 g/mol. The second-order valence-corrected chi connectivity index (χ2v) is 6.67. The van der Waals surface area contributed by atoms with Crippen molar-refractivity contribution < 1.29 is 14.3 Å². The highest BCUT2D eigenvalue weighted by molar-refractivity contribution is 5.83. The minimum absolute atomic E-state index is 0.0631. The first-order chi connectivity index (χ1) is 12.2. The molecule has 1 fully saturated rings. The molecule has 0 atom stereocenters. The number of esters is 1. The van der Waals surface area contributed by atoms with Crippen molar-refractivity contribution in [3.8, 4) is 0 Å². The normalized spacial score (nSPS) is 15.1. The number of carbonyl (C=O) groups excluding carboxylic acids is 2. The summed E-state index contributed by atoms with van der Waals surface area (Å²) >= 11 is 0. The summed E-state index contributed by atoms with van der Waals surface area (Å²) in [5.74, 6) is -0.352. The quantitative estimate of drug-likeness (QED) is 0.818. The number of H-pyrrole nitrogens is 1. The Hall–Kier alpha value is -2.30. The molecular formula is C20H26N2O3. The van der Waals surface area contributed by atoms with Gasteiger partial charge in [0.15, 0.2) is 6.61 Å². The molecule has 1 aliphatic rings. The van der Waals surface area contributed by atoms with Crippen molar-refractivity contribution in [1.29, 1.82) is 0 Å². The molecule has 0 saturated carbocycles. The summed E-state index contributed by atoms with van der Waals surface area (Å²) in [7, 11) is 0. The lowest BCUT2D eigenvalue weighted by Crippen LogP contribution is -2.35. The van der Waals surface area contributed by atoms with Gasteiger partial charge in [-0.25, -0.2) is 0 Å². The molecule has 0 radical (unpaired) electrons. The average molecular weight is 342 g/mol. The maximum Gasteiger partial charge on any atom is 0.306 e. The van der Waals surface area contributed by atoms with Crippen LogP contribution in [0.25, 0.3) is 10.9 Å². The molecule has 2 aromatic rings. The number of hydrogen-bond donors (Lipinski definition) is 1. The van der Waals surface area contributed by atoms with Crippen molar-refractivity contribution in [1.82, 2.24) is 9.88 Å². The number of hydrogen-bond acceptors (Lipinski definition) is 3. The fourth-order valence-electron chi connectivity index (χ4n) is 3.39. The van der Waals surface area contributed by atoms with Gasteiger partial charge >= 0.3 is 5.97 Å². The third-order valence-electron chi connectivity index (χ3n) is 4.82. The summed E-state index contributed by atoms with van der Waals surface area (Å²) in [4.78, 5) is 29.1. The van der Waals surface area contributed by atoms with Crippen molar-refractivity contribution in [2.24, 2.45) is 0 Å². The minimum Gasteiger partial charge on any atom is -0.456 e. The molecule has 0 unspecified atom stereocenters. The van der Waals surface area contributed by atoms with Crippen LogP contribution in [0, 0.1) is 0 Å². The topological polar surface area (TPSA) is 62.4 Å². The van der Waals surface area contributed by atoms with Crippen molar-refractivity contribution in [2.75, 3.05) is 19.7 Å². The van der Waals surface area contributed by atoms with Gasteiger partial charge in [-0.05, 0) is 37.3 Å². The van der Waals surface area contributed by atoms with Gasteiger partial charge in [-0.15, -0.1) is 0 Å². The van der Waals surface area contributed by atoms with Crippen molar-refractivity contribution in [3.63, 3.8) is 0 Å². The number of likely N-dealkylation sites (tertiary alicyclic amines) is 1. The number of aryl methyl sites for hydroxylation is 1. The first kappa shape index (κ1) is 17.5. The van der Waals surface area contributed by atoms with E-state index in [4.69, 9.17) is 4.74 Å². The van der Waals surface area contributed by atoms with Gasteiger partial charge in [0.25, 0.3) is 5.91 Å². The number of benzene rings is 1. The number of nitrogens with zero attached hydrogens (tertiary/aromatic N) is 1. The molecular weight excluding hydrogens is 316 g/mol. The Labute approximate surface area is 148 Å². The summed E-state index contributed by atoms with van der Waals surface area (Å²) in [6, 6.07) is 8.14. The van der Waals surface area contributed by atoms with Gasteiger partial charge in [0.1, 0.15) is 0 Å². The van der Waals surface area contributed by atoms with E-state index < -0.39 is 0 Å². The van der Waals surface area contributed by atoms with E-state index in [2.05, 4.69) is 11.1 Å². The van der Waals surface area contributed by atoms with Gasteiger partial charge in [0.2, 0.25) is 0 Å². The highest BCUT2D eigenvalue weighted by Gasteiger charge is 2.17. The predicted octanol–water partition coefficient (Wildman–Crippen LogP) is 3.44. The standard InChI is InChI=1S/C20H26N2O3/c23-19(22-12-5-1-2-6-13-22)15-25-20(24)11-7-8-16-14-21-18-10-4-3-9-17(16)18/h3-4,9-10,14,21H,1-2,5-8,11-13,15H2. The Morgan fingerprint density at radius 2 is 1.84 bits per heavy atom. The van der Waals surface area contributed by atoms with Crippen molar-refractivity contribution in [3.05, 3.63) is 36.0 Å². The van der Waals surface area contributed by atoms with E-state index in [0.717, 1.165) is 44.3 Å². The molecule has 5 heteroatoms. The highest BCUT2D eigenvalue weighted by Crippen LogP contribution is 2.19. The Balaban J connectivity index is 1.38. The second kappa shape index (κ2) is 8.70. The number of rotatable bonds is 6. The highest BCUT2D eigenvalue weighted by atomic mass is 16.5. The first-order valence-corrected chi connectivity index (χ1v) is 9.22. The van der Waals surface area contributed by atoms with Crippen LogP contribution in [0.3, 0.4) is 0 Å². The number of aromatic amines is 1. The largest absolute Gasteiger partial charge is 0.456 e. The molecule has 0 spiro atoms. The maximum absolute atomic E-state index is 12.1. The summed E-state index contributed by atoms with van der Waals surface area (Å²) < 4.78 is 5.17. The van der Waals surface area contributed by atoms with Crippen LogP contribution in [0.1, 0.15) is 44.1 Å². The molecule has 2 heterocycles. The van der Waals surface area contributed by atoms with E-state index in [1.54, 1.807) is 0 Å². The number of nitrogens with one attached hydrogen (secondary N) is 1. The van der Waals surface area contributed by atoms with E-state index in [1.807, 2.05) is 29.3 Å². The minimum atomic E-state index is -0.289. The van der Waals surface area contributed by atoms with Crippen LogP contribution in [-0.2, 0) is 20.7 Å². The SMILES string of the molecule is O=C(CCCc1c[nH]c2ccccc12)OCC(=O)N1CCCCCC1. The lowest BCUT2D eigenvalue weighted by Gasteiger charge is -2.19.